The highest BCUT2D eigenvalue weighted by Crippen LogP contribution is 2.34. The van der Waals surface area contributed by atoms with Crippen LogP contribution in [0.2, 0.25) is 5.15 Å². The van der Waals surface area contributed by atoms with Gasteiger partial charge in [0.1, 0.15) is 16.6 Å². The number of anilines is 1. The molecule has 1 aromatic heterocycles. The molecule has 1 amide bonds. The second kappa shape index (κ2) is 5.55. The predicted octanol–water partition coefficient (Wildman–Crippen LogP) is 1.76. The Morgan fingerprint density at radius 3 is 3.17 bits per heavy atom. The molecule has 5 nitrogen and oxygen atoms in total. The molecule has 1 aliphatic rings. The summed E-state index contributed by atoms with van der Waals surface area (Å²) in [5.41, 5.74) is 5.66. The van der Waals surface area contributed by atoms with Gasteiger partial charge in [-0.3, -0.25) is 4.79 Å². The Morgan fingerprint density at radius 1 is 1.72 bits per heavy atom. The number of hydrogen-bond acceptors (Lipinski definition) is 5. The van der Waals surface area contributed by atoms with Gasteiger partial charge in [-0.15, -0.1) is 0 Å². The summed E-state index contributed by atoms with van der Waals surface area (Å²) in [6.07, 6.45) is 2.37. The van der Waals surface area contributed by atoms with E-state index in [4.69, 9.17) is 22.6 Å². The number of aromatic nitrogens is 1. The summed E-state index contributed by atoms with van der Waals surface area (Å²) in [6, 6.07) is 2.08. The van der Waals surface area contributed by atoms with Crippen molar-refractivity contribution in [2.45, 2.75) is 19.3 Å². The number of nitrogens with zero attached hydrogens (tertiary/aromatic N) is 3. The zero-order valence-electron chi connectivity index (χ0n) is 9.73. The number of primary amides is 1. The van der Waals surface area contributed by atoms with Gasteiger partial charge in [0, 0.05) is 19.5 Å². The van der Waals surface area contributed by atoms with Gasteiger partial charge in [-0.25, -0.2) is 0 Å². The van der Waals surface area contributed by atoms with Crippen molar-refractivity contribution in [1.29, 1.82) is 5.26 Å². The molecule has 96 valence electrons. The Bertz CT molecular complexity index is 496. The maximum atomic E-state index is 11.0. The average molecular weight is 285 g/mol. The molecule has 0 aliphatic carbocycles. The Hall–Kier alpha value is -1.32. The Balaban J connectivity index is 2.13. The highest BCUT2D eigenvalue weighted by atomic mass is 35.5. The van der Waals surface area contributed by atoms with Crippen LogP contribution in [0.15, 0.2) is 0 Å². The number of nitriles is 1. The van der Waals surface area contributed by atoms with Gasteiger partial charge in [-0.05, 0) is 30.3 Å². The smallest absolute Gasteiger partial charge is 0.217 e. The van der Waals surface area contributed by atoms with E-state index in [2.05, 4.69) is 15.3 Å². The van der Waals surface area contributed by atoms with Crippen LogP contribution in [0.3, 0.4) is 0 Å². The molecule has 0 radical (unpaired) electrons. The third-order valence-electron chi connectivity index (χ3n) is 3.04. The van der Waals surface area contributed by atoms with Crippen molar-refractivity contribution in [2.75, 3.05) is 18.0 Å². The molecule has 18 heavy (non-hydrogen) atoms. The molecule has 1 aliphatic heterocycles. The van der Waals surface area contributed by atoms with Crippen LogP contribution in [0.25, 0.3) is 0 Å². The van der Waals surface area contributed by atoms with Crippen LogP contribution in [0.1, 0.15) is 24.8 Å². The monoisotopic (exact) mass is 284 g/mol. The van der Waals surface area contributed by atoms with Crippen LogP contribution in [0.5, 0.6) is 0 Å². The molecule has 2 N–H and O–H groups in total. The number of halogens is 1. The van der Waals surface area contributed by atoms with Crippen molar-refractivity contribution < 1.29 is 4.79 Å². The van der Waals surface area contributed by atoms with Crippen LogP contribution < -0.4 is 10.6 Å². The predicted molar refractivity (Wildman–Crippen MR) is 70.6 cm³/mol. The van der Waals surface area contributed by atoms with E-state index < -0.39 is 0 Å². The highest BCUT2D eigenvalue weighted by Gasteiger charge is 2.25. The van der Waals surface area contributed by atoms with E-state index in [1.165, 1.54) is 11.5 Å². The zero-order chi connectivity index (χ0) is 13.1. The molecule has 0 saturated carbocycles. The molecule has 1 fully saturated rings. The van der Waals surface area contributed by atoms with Crippen molar-refractivity contribution >= 4 is 34.0 Å². The summed E-state index contributed by atoms with van der Waals surface area (Å²) in [7, 11) is 0. The number of rotatable bonds is 3. The molecule has 1 saturated heterocycles. The summed E-state index contributed by atoms with van der Waals surface area (Å²) >= 11 is 7.09. The quantitative estimate of drug-likeness (QED) is 0.917. The van der Waals surface area contributed by atoms with E-state index in [0.717, 1.165) is 30.9 Å². The fourth-order valence-electron chi connectivity index (χ4n) is 2.27. The summed E-state index contributed by atoms with van der Waals surface area (Å²) < 4.78 is 4.00. The molecule has 0 aromatic carbocycles. The summed E-state index contributed by atoms with van der Waals surface area (Å²) in [5, 5.41) is 10.1. The first-order valence-electron chi connectivity index (χ1n) is 5.70. The first kappa shape index (κ1) is 13.1. The van der Waals surface area contributed by atoms with Crippen LogP contribution in [0, 0.1) is 17.2 Å². The van der Waals surface area contributed by atoms with Crippen molar-refractivity contribution in [3.8, 4) is 6.07 Å². The molecular weight excluding hydrogens is 272 g/mol. The van der Waals surface area contributed by atoms with Crippen molar-refractivity contribution in [3.05, 3.63) is 10.7 Å². The van der Waals surface area contributed by atoms with Crippen LogP contribution in [-0.2, 0) is 4.79 Å². The maximum Gasteiger partial charge on any atom is 0.217 e. The first-order valence-corrected chi connectivity index (χ1v) is 6.85. The number of hydrogen-bond donors (Lipinski definition) is 1. The lowest BCUT2D eigenvalue weighted by Crippen LogP contribution is -2.37. The first-order chi connectivity index (χ1) is 8.61. The zero-order valence-corrected chi connectivity index (χ0v) is 11.3. The number of amides is 1. The fraction of sp³-hybridized carbons (Fsp3) is 0.545. The van der Waals surface area contributed by atoms with E-state index in [1.54, 1.807) is 0 Å². The molecule has 2 heterocycles. The van der Waals surface area contributed by atoms with Crippen molar-refractivity contribution in [3.63, 3.8) is 0 Å². The summed E-state index contributed by atoms with van der Waals surface area (Å²) in [4.78, 5) is 13.0. The lowest BCUT2D eigenvalue weighted by Gasteiger charge is -2.32. The van der Waals surface area contributed by atoms with Gasteiger partial charge in [0.15, 0.2) is 5.15 Å². The lowest BCUT2D eigenvalue weighted by molar-refractivity contribution is -0.118. The van der Waals surface area contributed by atoms with Gasteiger partial charge in [0.05, 0.1) is 0 Å². The minimum atomic E-state index is -0.273. The van der Waals surface area contributed by atoms with Gasteiger partial charge < -0.3 is 10.6 Å². The van der Waals surface area contributed by atoms with Crippen LogP contribution >= 0.6 is 23.1 Å². The normalized spacial score (nSPS) is 19.6. The second-order valence-electron chi connectivity index (χ2n) is 4.39. The number of carbonyl (C=O) groups excluding carboxylic acids is 1. The minimum absolute atomic E-state index is 0.253. The van der Waals surface area contributed by atoms with Gasteiger partial charge in [-0.1, -0.05) is 11.6 Å². The molecular formula is C11H13ClN4OS. The Kier molecular flexibility index (Phi) is 4.04. The standard InChI is InChI=1S/C11H13ClN4OS/c12-10-8(5-13)11(18-15-10)16-3-1-2-7(6-16)4-9(14)17/h7H,1-4,6H2,(H2,14,17). The average Bonchev–Trinajstić information content (AvgIpc) is 2.70. The van der Waals surface area contributed by atoms with Gasteiger partial charge in [-0.2, -0.15) is 9.64 Å². The van der Waals surface area contributed by atoms with Crippen molar-refractivity contribution in [2.24, 2.45) is 11.7 Å². The van der Waals surface area contributed by atoms with E-state index in [1.807, 2.05) is 0 Å². The number of piperidine rings is 1. The van der Waals surface area contributed by atoms with E-state index in [-0.39, 0.29) is 17.0 Å². The highest BCUT2D eigenvalue weighted by molar-refractivity contribution is 7.10. The number of nitrogens with two attached hydrogens (primary N) is 1. The largest absolute Gasteiger partial charge is 0.370 e. The SMILES string of the molecule is N#Cc1c(Cl)nsc1N1CCCC(CC(N)=O)C1. The Morgan fingerprint density at radius 2 is 2.50 bits per heavy atom. The topological polar surface area (TPSA) is 83.0 Å². The summed E-state index contributed by atoms with van der Waals surface area (Å²) in [5.74, 6) is -0.0200. The van der Waals surface area contributed by atoms with Gasteiger partial charge in [0.2, 0.25) is 5.91 Å². The third kappa shape index (κ3) is 2.74. The minimum Gasteiger partial charge on any atom is -0.370 e. The molecule has 0 spiro atoms. The summed E-state index contributed by atoms with van der Waals surface area (Å²) in [6.45, 7) is 1.60. The molecule has 2 rings (SSSR count). The van der Waals surface area contributed by atoms with Crippen LogP contribution in [-0.4, -0.2) is 23.4 Å². The van der Waals surface area contributed by atoms with Crippen molar-refractivity contribution in [1.82, 2.24) is 4.37 Å². The molecule has 1 atom stereocenters. The van der Waals surface area contributed by atoms with E-state index >= 15 is 0 Å². The Labute approximate surface area is 114 Å². The molecule has 1 aromatic rings. The second-order valence-corrected chi connectivity index (χ2v) is 5.50. The van der Waals surface area contributed by atoms with Gasteiger partial charge >= 0.3 is 0 Å². The fourth-order valence-corrected chi connectivity index (χ4v) is 3.34. The third-order valence-corrected chi connectivity index (χ3v) is 4.32. The number of carbonyl (C=O) groups is 1. The molecule has 0 bridgehead atoms. The van der Waals surface area contributed by atoms with E-state index in [9.17, 15) is 4.79 Å². The molecule has 1 unspecified atom stereocenters. The molecule has 7 heteroatoms. The lowest BCUT2D eigenvalue weighted by atomic mass is 9.94. The van der Waals surface area contributed by atoms with Gasteiger partial charge in [0.25, 0.3) is 0 Å². The van der Waals surface area contributed by atoms with E-state index in [0.29, 0.717) is 12.0 Å². The van der Waals surface area contributed by atoms with Crippen LogP contribution in [0.4, 0.5) is 5.00 Å². The maximum absolute atomic E-state index is 11.0.